The number of nitrogens with zero attached hydrogens (tertiary/aromatic N) is 1. The number of hydrogen-bond acceptors (Lipinski definition) is 7. The second-order valence-electron chi connectivity index (χ2n) is 6.11. The van der Waals surface area contributed by atoms with Crippen molar-refractivity contribution < 1.29 is 23.8 Å². The van der Waals surface area contributed by atoms with Crippen molar-refractivity contribution >= 4 is 38.8 Å². The number of H-pyrrole nitrogens is 1. The molecule has 0 aliphatic carbocycles. The van der Waals surface area contributed by atoms with Crippen LogP contribution in [0.4, 0.5) is 0 Å². The zero-order chi connectivity index (χ0) is 19.7. The second-order valence-corrected chi connectivity index (χ2v) is 7.02. The molecular weight excluding hydrogens is 424 g/mol. The van der Waals surface area contributed by atoms with Crippen LogP contribution in [0.2, 0.25) is 0 Å². The SMILES string of the molecule is CC(=O)OC[C@H]1O[C@H](n2c(=O)[nH]c(=O)c3cc(Br)ccc32)C[C@@H]1OC(C)=O. The maximum Gasteiger partial charge on any atom is 0.330 e. The topological polar surface area (TPSA) is 117 Å². The molecule has 1 N–H and O–H groups in total. The summed E-state index contributed by atoms with van der Waals surface area (Å²) in [5.41, 5.74) is -0.778. The van der Waals surface area contributed by atoms with E-state index in [0.29, 0.717) is 15.4 Å². The van der Waals surface area contributed by atoms with Gasteiger partial charge < -0.3 is 14.2 Å². The summed E-state index contributed by atoms with van der Waals surface area (Å²) >= 11 is 3.30. The van der Waals surface area contributed by atoms with E-state index in [1.165, 1.54) is 18.4 Å². The van der Waals surface area contributed by atoms with Crippen LogP contribution in [0.15, 0.2) is 32.3 Å². The smallest absolute Gasteiger partial charge is 0.330 e. The van der Waals surface area contributed by atoms with Crippen molar-refractivity contribution in [2.45, 2.75) is 38.7 Å². The molecule has 1 aliphatic rings. The lowest BCUT2D eigenvalue weighted by Gasteiger charge is -2.18. The zero-order valence-corrected chi connectivity index (χ0v) is 16.1. The van der Waals surface area contributed by atoms with E-state index >= 15 is 0 Å². The molecular formula is C17H17BrN2O7. The van der Waals surface area contributed by atoms with E-state index in [1.54, 1.807) is 18.2 Å². The highest BCUT2D eigenvalue weighted by atomic mass is 79.9. The van der Waals surface area contributed by atoms with E-state index in [4.69, 9.17) is 14.2 Å². The van der Waals surface area contributed by atoms with Gasteiger partial charge in [0.15, 0.2) is 0 Å². The van der Waals surface area contributed by atoms with E-state index in [1.807, 2.05) is 0 Å². The number of ether oxygens (including phenoxy) is 3. The van der Waals surface area contributed by atoms with E-state index in [0.717, 1.165) is 0 Å². The number of carbonyl (C=O) groups excluding carboxylic acids is 2. The summed E-state index contributed by atoms with van der Waals surface area (Å²) in [5.74, 6) is -1.01. The third-order valence-corrected chi connectivity index (χ3v) is 4.63. The molecule has 3 rings (SSSR count). The molecule has 0 unspecified atom stereocenters. The highest BCUT2D eigenvalue weighted by Gasteiger charge is 2.40. The number of hydrogen-bond donors (Lipinski definition) is 1. The number of aromatic amines is 1. The molecule has 0 saturated carbocycles. The monoisotopic (exact) mass is 440 g/mol. The van der Waals surface area contributed by atoms with Crippen LogP contribution < -0.4 is 11.2 Å². The van der Waals surface area contributed by atoms with Gasteiger partial charge in [-0.05, 0) is 18.2 Å². The van der Waals surface area contributed by atoms with Gasteiger partial charge in [0.1, 0.15) is 25.0 Å². The van der Waals surface area contributed by atoms with Crippen LogP contribution in [0.5, 0.6) is 0 Å². The molecule has 2 aromatic rings. The van der Waals surface area contributed by atoms with Gasteiger partial charge in [-0.3, -0.25) is 23.9 Å². The molecule has 1 aliphatic heterocycles. The summed E-state index contributed by atoms with van der Waals surface area (Å²) in [6.07, 6.45) is -2.06. The fourth-order valence-corrected chi connectivity index (χ4v) is 3.43. The van der Waals surface area contributed by atoms with Gasteiger partial charge in [-0.2, -0.15) is 0 Å². The summed E-state index contributed by atoms with van der Waals surface area (Å²) in [7, 11) is 0. The van der Waals surface area contributed by atoms with Crippen molar-refractivity contribution in [2.75, 3.05) is 6.61 Å². The van der Waals surface area contributed by atoms with Crippen LogP contribution in [-0.2, 0) is 23.8 Å². The first-order valence-corrected chi connectivity index (χ1v) is 8.95. The molecule has 2 heterocycles. The maximum absolute atomic E-state index is 12.5. The first-order valence-electron chi connectivity index (χ1n) is 8.16. The Hall–Kier alpha value is -2.46. The standard InChI is InChI=1S/C17H17BrN2O7/c1-8(21)25-7-14-13(26-9(2)22)6-15(27-14)20-12-4-3-10(18)5-11(12)16(23)19-17(20)24/h3-5,13-15H,6-7H2,1-2H3,(H,19,23,24)/t13-,14+,15-/m0/s1. The van der Waals surface area contributed by atoms with Gasteiger partial charge in [-0.1, -0.05) is 15.9 Å². The Morgan fingerprint density at radius 1 is 1.30 bits per heavy atom. The normalized spacial score (nSPS) is 22.0. The summed E-state index contributed by atoms with van der Waals surface area (Å²) < 4.78 is 18.0. The molecule has 10 heteroatoms. The number of aromatic nitrogens is 2. The average molecular weight is 441 g/mol. The number of carbonyl (C=O) groups is 2. The Labute approximate surface area is 161 Å². The van der Waals surface area contributed by atoms with Crippen molar-refractivity contribution in [1.29, 1.82) is 0 Å². The molecule has 9 nitrogen and oxygen atoms in total. The summed E-state index contributed by atoms with van der Waals surface area (Å²) in [5, 5.41) is 0.306. The van der Waals surface area contributed by atoms with Gasteiger partial charge in [0, 0.05) is 24.7 Å². The predicted octanol–water partition coefficient (Wildman–Crippen LogP) is 1.23. The van der Waals surface area contributed by atoms with Crippen LogP contribution in [0, 0.1) is 0 Å². The van der Waals surface area contributed by atoms with E-state index in [-0.39, 0.29) is 13.0 Å². The first-order chi connectivity index (χ1) is 12.8. The maximum atomic E-state index is 12.5. The molecule has 1 saturated heterocycles. The predicted molar refractivity (Wildman–Crippen MR) is 97.2 cm³/mol. The third kappa shape index (κ3) is 4.11. The number of rotatable bonds is 4. The largest absolute Gasteiger partial charge is 0.463 e. The van der Waals surface area contributed by atoms with Crippen LogP contribution in [0.3, 0.4) is 0 Å². The zero-order valence-electron chi connectivity index (χ0n) is 14.6. The van der Waals surface area contributed by atoms with E-state index in [9.17, 15) is 19.2 Å². The Morgan fingerprint density at radius 2 is 2.04 bits per heavy atom. The number of esters is 2. The van der Waals surface area contributed by atoms with Crippen molar-refractivity contribution in [3.8, 4) is 0 Å². The molecule has 0 spiro atoms. The highest BCUT2D eigenvalue weighted by molar-refractivity contribution is 9.10. The highest BCUT2D eigenvalue weighted by Crippen LogP contribution is 2.32. The lowest BCUT2D eigenvalue weighted by molar-refractivity contribution is -0.155. The summed E-state index contributed by atoms with van der Waals surface area (Å²) in [6.45, 7) is 2.39. The number of fused-ring (bicyclic) bond motifs is 1. The van der Waals surface area contributed by atoms with Gasteiger partial charge in [0.05, 0.1) is 10.9 Å². The van der Waals surface area contributed by atoms with Gasteiger partial charge in [-0.15, -0.1) is 0 Å². The lowest BCUT2D eigenvalue weighted by atomic mass is 10.1. The molecule has 0 radical (unpaired) electrons. The fraction of sp³-hybridized carbons (Fsp3) is 0.412. The van der Waals surface area contributed by atoms with Crippen molar-refractivity contribution in [3.63, 3.8) is 0 Å². The molecule has 0 amide bonds. The Balaban J connectivity index is 2.01. The minimum atomic E-state index is -0.803. The summed E-state index contributed by atoms with van der Waals surface area (Å²) in [4.78, 5) is 49.3. The summed E-state index contributed by atoms with van der Waals surface area (Å²) in [6, 6.07) is 4.92. The van der Waals surface area contributed by atoms with Gasteiger partial charge in [-0.25, -0.2) is 4.79 Å². The van der Waals surface area contributed by atoms with Crippen LogP contribution >= 0.6 is 15.9 Å². The van der Waals surface area contributed by atoms with Crippen LogP contribution in [-0.4, -0.2) is 40.3 Å². The molecule has 1 aromatic carbocycles. The quantitative estimate of drug-likeness (QED) is 0.710. The van der Waals surface area contributed by atoms with E-state index < -0.39 is 41.6 Å². The number of benzene rings is 1. The van der Waals surface area contributed by atoms with Gasteiger partial charge in [0.2, 0.25) is 0 Å². The first kappa shape index (κ1) is 19.3. The lowest BCUT2D eigenvalue weighted by Crippen LogP contribution is -2.33. The van der Waals surface area contributed by atoms with Gasteiger partial charge in [0.25, 0.3) is 5.56 Å². The fourth-order valence-electron chi connectivity index (χ4n) is 3.07. The molecule has 3 atom stereocenters. The van der Waals surface area contributed by atoms with Crippen LogP contribution in [0.25, 0.3) is 10.9 Å². The van der Waals surface area contributed by atoms with Gasteiger partial charge >= 0.3 is 17.6 Å². The van der Waals surface area contributed by atoms with Crippen molar-refractivity contribution in [3.05, 3.63) is 43.5 Å². The Morgan fingerprint density at radius 3 is 2.70 bits per heavy atom. The molecule has 1 fully saturated rings. The molecule has 27 heavy (non-hydrogen) atoms. The van der Waals surface area contributed by atoms with Crippen molar-refractivity contribution in [2.24, 2.45) is 0 Å². The minimum absolute atomic E-state index is 0.120. The molecule has 0 bridgehead atoms. The second kappa shape index (κ2) is 7.65. The molecule has 1 aromatic heterocycles. The third-order valence-electron chi connectivity index (χ3n) is 4.14. The van der Waals surface area contributed by atoms with Crippen LogP contribution in [0.1, 0.15) is 26.5 Å². The number of halogens is 1. The number of nitrogens with one attached hydrogen (secondary N) is 1. The Kier molecular flexibility index (Phi) is 5.47. The Bertz CT molecular complexity index is 1010. The minimum Gasteiger partial charge on any atom is -0.463 e. The van der Waals surface area contributed by atoms with Crippen molar-refractivity contribution in [1.82, 2.24) is 9.55 Å². The van der Waals surface area contributed by atoms with E-state index in [2.05, 4.69) is 20.9 Å². The average Bonchev–Trinajstić information content (AvgIpc) is 2.95. The molecule has 144 valence electrons.